The molecule has 2 N–H and O–H groups in total. The van der Waals surface area contributed by atoms with Crippen LogP contribution in [0.1, 0.15) is 28.5 Å². The van der Waals surface area contributed by atoms with Gasteiger partial charge >= 0.3 is 12.4 Å². The Morgan fingerprint density at radius 2 is 1.73 bits per heavy atom. The maximum atomic E-state index is 13.6. The van der Waals surface area contributed by atoms with E-state index in [1.807, 2.05) is 4.98 Å². The van der Waals surface area contributed by atoms with E-state index in [0.29, 0.717) is 6.20 Å². The van der Waals surface area contributed by atoms with Gasteiger partial charge in [-0.3, -0.25) is 9.59 Å². The Hall–Kier alpha value is -3.86. The first kappa shape index (κ1) is 23.8. The second kappa shape index (κ2) is 8.58. The number of nitrogens with zero attached hydrogens (tertiary/aromatic N) is 3. The molecule has 0 aliphatic rings. The summed E-state index contributed by atoms with van der Waals surface area (Å²) in [7, 11) is 0. The smallest absolute Gasteiger partial charge is 0.449 e. The molecule has 2 aromatic heterocycles. The highest BCUT2D eigenvalue weighted by Crippen LogP contribution is 2.35. The average molecular weight is 492 g/mol. The van der Waals surface area contributed by atoms with Crippen LogP contribution in [0.2, 0.25) is 5.02 Å². The van der Waals surface area contributed by atoms with Crippen LogP contribution in [0.5, 0.6) is 11.5 Å². The zero-order valence-electron chi connectivity index (χ0n) is 15.7. The van der Waals surface area contributed by atoms with Gasteiger partial charge in [-0.2, -0.15) is 31.6 Å². The molecule has 0 spiro atoms. The molecule has 0 radical (unpaired) electrons. The molecule has 0 bridgehead atoms. The van der Waals surface area contributed by atoms with Crippen molar-refractivity contribution >= 4 is 11.6 Å². The van der Waals surface area contributed by atoms with Gasteiger partial charge in [-0.25, -0.2) is 9.97 Å². The van der Waals surface area contributed by atoms with Gasteiger partial charge in [-0.15, -0.1) is 0 Å². The van der Waals surface area contributed by atoms with Crippen LogP contribution >= 0.6 is 11.6 Å². The number of nitrogens with one attached hydrogen (secondary N) is 2. The van der Waals surface area contributed by atoms with Gasteiger partial charge in [0.05, 0.1) is 11.6 Å². The first-order valence-corrected chi connectivity index (χ1v) is 8.90. The highest BCUT2D eigenvalue weighted by molar-refractivity contribution is 6.30. The second-order valence-electron chi connectivity index (χ2n) is 6.34. The van der Waals surface area contributed by atoms with Crippen LogP contribution in [0.15, 0.2) is 34.0 Å². The molecule has 0 atom stereocenters. The summed E-state index contributed by atoms with van der Waals surface area (Å²) in [4.78, 5) is 33.9. The number of alkyl halides is 6. The summed E-state index contributed by atoms with van der Waals surface area (Å²) in [5.41, 5.74) is -4.99. The first-order chi connectivity index (χ1) is 15.3. The minimum atomic E-state index is -5.19. The van der Waals surface area contributed by atoms with E-state index in [2.05, 4.69) is 9.97 Å². The van der Waals surface area contributed by atoms with Gasteiger partial charge in [-0.1, -0.05) is 11.6 Å². The van der Waals surface area contributed by atoms with Gasteiger partial charge in [-0.05, 0) is 18.2 Å². The standard InChI is InChI=1S/C18H8ClF6N5O3/c19-9-1-7(5-26)2-10(4-9)33-12-13(17(20,21)22)28-11(29-15(12)32)3-8-6-27-16(18(23,24)25)30-14(8)31/h1-2,4,6H,3H2,(H,27,30,31)(H,28,29,32). The number of rotatable bonds is 4. The van der Waals surface area contributed by atoms with Crippen molar-refractivity contribution in [3.05, 3.63) is 78.6 Å². The average Bonchev–Trinajstić information content (AvgIpc) is 2.69. The van der Waals surface area contributed by atoms with E-state index >= 15 is 0 Å². The molecule has 0 amide bonds. The van der Waals surface area contributed by atoms with Gasteiger partial charge in [0.1, 0.15) is 11.6 Å². The van der Waals surface area contributed by atoms with Crippen molar-refractivity contribution in [1.82, 2.24) is 19.9 Å². The van der Waals surface area contributed by atoms with Crippen LogP contribution < -0.4 is 15.9 Å². The van der Waals surface area contributed by atoms with E-state index in [1.54, 1.807) is 6.07 Å². The highest BCUT2D eigenvalue weighted by atomic mass is 35.5. The fraction of sp³-hybridized carbons (Fsp3) is 0.167. The van der Waals surface area contributed by atoms with Crippen molar-refractivity contribution in [2.45, 2.75) is 18.8 Å². The Labute approximate surface area is 183 Å². The Kier molecular flexibility index (Phi) is 6.19. The third-order valence-corrected chi connectivity index (χ3v) is 4.13. The first-order valence-electron chi connectivity index (χ1n) is 8.52. The molecule has 0 saturated carbocycles. The van der Waals surface area contributed by atoms with Crippen molar-refractivity contribution < 1.29 is 31.1 Å². The van der Waals surface area contributed by atoms with Gasteiger partial charge in [0.2, 0.25) is 11.6 Å². The van der Waals surface area contributed by atoms with Crippen molar-refractivity contribution in [3.8, 4) is 17.6 Å². The number of benzene rings is 1. The molecule has 3 aromatic rings. The minimum absolute atomic E-state index is 0.0485. The molecule has 172 valence electrons. The van der Waals surface area contributed by atoms with Crippen molar-refractivity contribution in [3.63, 3.8) is 0 Å². The van der Waals surface area contributed by atoms with Crippen LogP contribution in [-0.2, 0) is 18.8 Å². The minimum Gasteiger partial charge on any atom is -0.449 e. The fourth-order valence-electron chi connectivity index (χ4n) is 2.56. The number of hydrogen-bond acceptors (Lipinski definition) is 6. The zero-order chi connectivity index (χ0) is 24.6. The summed E-state index contributed by atoms with van der Waals surface area (Å²) < 4.78 is 83.5. The number of H-pyrrole nitrogens is 2. The summed E-state index contributed by atoms with van der Waals surface area (Å²) in [5.74, 6) is -3.91. The topological polar surface area (TPSA) is 125 Å². The summed E-state index contributed by atoms with van der Waals surface area (Å²) >= 11 is 5.77. The van der Waals surface area contributed by atoms with Gasteiger partial charge in [0.25, 0.3) is 11.1 Å². The van der Waals surface area contributed by atoms with E-state index < -0.39 is 58.5 Å². The lowest BCUT2D eigenvalue weighted by atomic mass is 10.2. The summed E-state index contributed by atoms with van der Waals surface area (Å²) in [6.07, 6.45) is -10.4. The fourth-order valence-corrected chi connectivity index (χ4v) is 2.78. The van der Waals surface area contributed by atoms with Crippen LogP contribution in [0.3, 0.4) is 0 Å². The lowest BCUT2D eigenvalue weighted by Crippen LogP contribution is -2.25. The van der Waals surface area contributed by atoms with Gasteiger partial charge < -0.3 is 14.7 Å². The Balaban J connectivity index is 2.03. The van der Waals surface area contributed by atoms with Crippen molar-refractivity contribution in [2.75, 3.05) is 0 Å². The van der Waals surface area contributed by atoms with Crippen LogP contribution in [-0.4, -0.2) is 19.9 Å². The molecule has 0 fully saturated rings. The molecular formula is C18H8ClF6N5O3. The summed E-state index contributed by atoms with van der Waals surface area (Å²) in [6, 6.07) is 5.01. The van der Waals surface area contributed by atoms with Crippen LogP contribution in [0.4, 0.5) is 26.3 Å². The molecular weight excluding hydrogens is 484 g/mol. The largest absolute Gasteiger partial charge is 0.449 e. The highest BCUT2D eigenvalue weighted by Gasteiger charge is 2.39. The zero-order valence-corrected chi connectivity index (χ0v) is 16.5. The predicted molar refractivity (Wildman–Crippen MR) is 98.8 cm³/mol. The number of ether oxygens (including phenoxy) is 1. The monoisotopic (exact) mass is 491 g/mol. The van der Waals surface area contributed by atoms with E-state index in [9.17, 15) is 35.9 Å². The number of nitriles is 1. The van der Waals surface area contributed by atoms with Crippen molar-refractivity contribution in [2.24, 2.45) is 0 Å². The quantitative estimate of drug-likeness (QED) is 0.535. The Bertz CT molecular complexity index is 1370. The molecule has 3 rings (SSSR count). The van der Waals surface area contributed by atoms with Crippen LogP contribution in [0, 0.1) is 11.3 Å². The Morgan fingerprint density at radius 1 is 1.03 bits per heavy atom. The SMILES string of the molecule is N#Cc1cc(Cl)cc(Oc2c(C(F)(F)F)nc(Cc3cnc(C(F)(F)F)[nH]c3=O)[nH]c2=O)c1. The molecule has 0 saturated heterocycles. The lowest BCUT2D eigenvalue weighted by Gasteiger charge is -2.14. The van der Waals surface area contributed by atoms with E-state index in [1.165, 1.54) is 11.1 Å². The molecule has 1 aromatic carbocycles. The molecule has 8 nitrogen and oxygen atoms in total. The van der Waals surface area contributed by atoms with Gasteiger partial charge in [0, 0.05) is 23.2 Å². The maximum absolute atomic E-state index is 13.6. The summed E-state index contributed by atoms with van der Waals surface area (Å²) in [6.45, 7) is 0. The number of aromatic nitrogens is 4. The van der Waals surface area contributed by atoms with Gasteiger partial charge in [0.15, 0.2) is 5.69 Å². The third-order valence-electron chi connectivity index (χ3n) is 3.91. The second-order valence-corrected chi connectivity index (χ2v) is 6.77. The normalized spacial score (nSPS) is 11.8. The van der Waals surface area contributed by atoms with E-state index in [4.69, 9.17) is 21.6 Å². The maximum Gasteiger partial charge on any atom is 0.449 e. The van der Waals surface area contributed by atoms with Crippen molar-refractivity contribution in [1.29, 1.82) is 5.26 Å². The number of hydrogen-bond donors (Lipinski definition) is 2. The summed E-state index contributed by atoms with van der Waals surface area (Å²) in [5, 5.41) is 8.88. The number of aromatic amines is 2. The lowest BCUT2D eigenvalue weighted by molar-refractivity contribution is -0.145. The van der Waals surface area contributed by atoms with E-state index in [-0.39, 0.29) is 16.3 Å². The molecule has 15 heteroatoms. The Morgan fingerprint density at radius 3 is 2.30 bits per heavy atom. The number of halogens is 7. The molecule has 33 heavy (non-hydrogen) atoms. The predicted octanol–water partition coefficient (Wildman–Crippen LogP) is 3.80. The van der Waals surface area contributed by atoms with E-state index in [0.717, 1.165) is 12.1 Å². The third kappa shape index (κ3) is 5.50. The van der Waals surface area contributed by atoms with Crippen LogP contribution in [0.25, 0.3) is 0 Å². The molecule has 0 aliphatic heterocycles. The molecule has 0 aliphatic carbocycles. The molecule has 2 heterocycles. The molecule has 0 unspecified atom stereocenters.